The molecule has 2 heterocycles. The first-order valence-electron chi connectivity index (χ1n) is 6.43. The van der Waals surface area contributed by atoms with Crippen LogP contribution in [0.1, 0.15) is 24.6 Å². The molecule has 0 saturated carbocycles. The summed E-state index contributed by atoms with van der Waals surface area (Å²) < 4.78 is 0.774. The fraction of sp³-hybridized carbons (Fsp3) is 0.538. The van der Waals surface area contributed by atoms with Gasteiger partial charge in [-0.3, -0.25) is 14.5 Å². The first-order valence-corrected chi connectivity index (χ1v) is 7.63. The van der Waals surface area contributed by atoms with Crippen LogP contribution in [0.5, 0.6) is 0 Å². The van der Waals surface area contributed by atoms with Crippen LogP contribution in [0.15, 0.2) is 12.1 Å². The number of rotatable bonds is 6. The van der Waals surface area contributed by atoms with E-state index in [1.54, 1.807) is 11.3 Å². The molecule has 2 amide bonds. The van der Waals surface area contributed by atoms with Gasteiger partial charge in [-0.25, -0.2) is 0 Å². The number of imide groups is 1. The number of likely N-dealkylation sites (tertiary alicyclic amines) is 1. The van der Waals surface area contributed by atoms with Crippen molar-refractivity contribution in [2.45, 2.75) is 32.2 Å². The van der Waals surface area contributed by atoms with Crippen molar-refractivity contribution in [2.75, 3.05) is 13.1 Å². The minimum Gasteiger partial charge on any atom is -0.305 e. The highest BCUT2D eigenvalue weighted by Gasteiger charge is 2.37. The predicted octanol–water partition coefficient (Wildman–Crippen LogP) is 2.07. The lowest BCUT2D eigenvalue weighted by Gasteiger charge is -2.14. The van der Waals surface area contributed by atoms with E-state index in [2.05, 4.69) is 5.32 Å². The van der Waals surface area contributed by atoms with Crippen LogP contribution >= 0.6 is 22.9 Å². The van der Waals surface area contributed by atoms with E-state index in [1.807, 2.05) is 19.1 Å². The normalized spacial score (nSPS) is 19.5. The number of halogens is 1. The van der Waals surface area contributed by atoms with E-state index < -0.39 is 0 Å². The van der Waals surface area contributed by atoms with Crippen molar-refractivity contribution in [3.05, 3.63) is 21.3 Å². The zero-order valence-corrected chi connectivity index (χ0v) is 12.4. The summed E-state index contributed by atoms with van der Waals surface area (Å²) in [5.74, 6) is -0.153. The highest BCUT2D eigenvalue weighted by atomic mass is 35.5. The van der Waals surface area contributed by atoms with Crippen molar-refractivity contribution in [1.82, 2.24) is 10.2 Å². The number of thiophene rings is 1. The number of nitrogens with zero attached hydrogens (tertiary/aromatic N) is 1. The van der Waals surface area contributed by atoms with Gasteiger partial charge in [0.25, 0.3) is 0 Å². The predicted molar refractivity (Wildman–Crippen MR) is 76.5 cm³/mol. The third-order valence-corrected chi connectivity index (χ3v) is 4.37. The summed E-state index contributed by atoms with van der Waals surface area (Å²) in [6, 6.07) is 3.50. The Bertz CT molecular complexity index is 475. The van der Waals surface area contributed by atoms with Crippen LogP contribution in [0.2, 0.25) is 4.34 Å². The molecule has 0 radical (unpaired) electrons. The Morgan fingerprint density at radius 3 is 2.89 bits per heavy atom. The largest absolute Gasteiger partial charge is 0.305 e. The molecule has 19 heavy (non-hydrogen) atoms. The molecule has 104 valence electrons. The van der Waals surface area contributed by atoms with Gasteiger partial charge in [-0.1, -0.05) is 18.5 Å². The molecule has 0 bridgehead atoms. The lowest BCUT2D eigenvalue weighted by Crippen LogP contribution is -2.39. The van der Waals surface area contributed by atoms with E-state index in [-0.39, 0.29) is 24.3 Å². The van der Waals surface area contributed by atoms with E-state index >= 15 is 0 Å². The van der Waals surface area contributed by atoms with Gasteiger partial charge in [0.1, 0.15) is 0 Å². The second kappa shape index (κ2) is 6.50. The number of nitrogens with one attached hydrogen (secondary N) is 1. The Labute approximate surface area is 121 Å². The van der Waals surface area contributed by atoms with Crippen molar-refractivity contribution in [1.29, 1.82) is 0 Å². The van der Waals surface area contributed by atoms with E-state index in [4.69, 9.17) is 11.6 Å². The van der Waals surface area contributed by atoms with Crippen LogP contribution in [0.25, 0.3) is 0 Å². The maximum Gasteiger partial charge on any atom is 0.246 e. The average molecular weight is 301 g/mol. The number of amides is 2. The van der Waals surface area contributed by atoms with E-state index in [9.17, 15) is 9.59 Å². The summed E-state index contributed by atoms with van der Waals surface area (Å²) in [7, 11) is 0. The second-order valence-corrected chi connectivity index (χ2v) is 6.35. The van der Waals surface area contributed by atoms with Crippen molar-refractivity contribution < 1.29 is 9.59 Å². The third kappa shape index (κ3) is 3.55. The van der Waals surface area contributed by atoms with Gasteiger partial charge in [-0.05, 0) is 25.0 Å². The van der Waals surface area contributed by atoms with Gasteiger partial charge in [0.15, 0.2) is 0 Å². The summed E-state index contributed by atoms with van der Waals surface area (Å²) in [5, 5.41) is 3.16. The Kier molecular flexibility index (Phi) is 4.96. The van der Waals surface area contributed by atoms with Crippen LogP contribution in [0.3, 0.4) is 0 Å². The summed E-state index contributed by atoms with van der Waals surface area (Å²) >= 11 is 7.40. The van der Waals surface area contributed by atoms with Gasteiger partial charge >= 0.3 is 0 Å². The maximum atomic E-state index is 12.0. The molecule has 1 saturated heterocycles. The lowest BCUT2D eigenvalue weighted by molar-refractivity contribution is -0.138. The van der Waals surface area contributed by atoms with Crippen LogP contribution in [0.4, 0.5) is 0 Å². The Hall–Kier alpha value is -0.910. The highest BCUT2D eigenvalue weighted by Crippen LogP contribution is 2.21. The van der Waals surface area contributed by atoms with Crippen LogP contribution < -0.4 is 5.32 Å². The standard InChI is InChI=1S/C13H17ClN2O2S/c1-2-7-16-12(17)8-10(13(16)18)15-6-5-9-3-4-11(14)19-9/h3-4,10,15H,2,5-8H2,1H3. The molecule has 1 aliphatic heterocycles. The topological polar surface area (TPSA) is 49.4 Å². The molecule has 0 spiro atoms. The zero-order chi connectivity index (χ0) is 13.8. The fourth-order valence-corrected chi connectivity index (χ4v) is 3.24. The first-order chi connectivity index (χ1) is 9.11. The molecule has 0 aliphatic carbocycles. The molecule has 1 unspecified atom stereocenters. The first kappa shape index (κ1) is 14.5. The fourth-order valence-electron chi connectivity index (χ4n) is 2.16. The van der Waals surface area contributed by atoms with Crippen molar-refractivity contribution >= 4 is 34.8 Å². The molecular weight excluding hydrogens is 284 g/mol. The van der Waals surface area contributed by atoms with Gasteiger partial charge in [-0.15, -0.1) is 11.3 Å². The number of hydrogen-bond donors (Lipinski definition) is 1. The van der Waals surface area contributed by atoms with Gasteiger partial charge in [0, 0.05) is 18.0 Å². The molecule has 0 aromatic carbocycles. The average Bonchev–Trinajstić information content (AvgIpc) is 2.89. The Balaban J connectivity index is 1.80. The smallest absolute Gasteiger partial charge is 0.246 e. The zero-order valence-electron chi connectivity index (χ0n) is 10.8. The molecule has 2 rings (SSSR count). The summed E-state index contributed by atoms with van der Waals surface area (Å²) in [6.07, 6.45) is 1.91. The third-order valence-electron chi connectivity index (χ3n) is 3.08. The summed E-state index contributed by atoms with van der Waals surface area (Å²) in [4.78, 5) is 26.2. The van der Waals surface area contributed by atoms with Crippen LogP contribution in [-0.2, 0) is 16.0 Å². The van der Waals surface area contributed by atoms with Gasteiger partial charge in [0.2, 0.25) is 11.8 Å². The summed E-state index contributed by atoms with van der Waals surface area (Å²) in [6.45, 7) is 3.17. The molecule has 1 aromatic heterocycles. The quantitative estimate of drug-likeness (QED) is 0.818. The number of hydrogen-bond acceptors (Lipinski definition) is 4. The molecule has 6 heteroatoms. The van der Waals surface area contributed by atoms with Crippen LogP contribution in [0, 0.1) is 0 Å². The van der Waals surface area contributed by atoms with E-state index in [1.165, 1.54) is 9.78 Å². The molecular formula is C13H17ClN2O2S. The van der Waals surface area contributed by atoms with Gasteiger partial charge in [-0.2, -0.15) is 0 Å². The lowest BCUT2D eigenvalue weighted by atomic mass is 10.2. The minimum atomic E-state index is -0.352. The maximum absolute atomic E-state index is 12.0. The van der Waals surface area contributed by atoms with Crippen molar-refractivity contribution in [2.24, 2.45) is 0 Å². The molecule has 1 fully saturated rings. The monoisotopic (exact) mass is 300 g/mol. The highest BCUT2D eigenvalue weighted by molar-refractivity contribution is 7.16. The van der Waals surface area contributed by atoms with Gasteiger partial charge < -0.3 is 5.32 Å². The molecule has 1 atom stereocenters. The van der Waals surface area contributed by atoms with Crippen molar-refractivity contribution in [3.63, 3.8) is 0 Å². The van der Waals surface area contributed by atoms with E-state index in [0.717, 1.165) is 17.2 Å². The summed E-state index contributed by atoms with van der Waals surface area (Å²) in [5.41, 5.74) is 0. The Morgan fingerprint density at radius 2 is 2.26 bits per heavy atom. The number of carbonyl (C=O) groups is 2. The number of carbonyl (C=O) groups excluding carboxylic acids is 2. The molecule has 1 N–H and O–H groups in total. The second-order valence-electron chi connectivity index (χ2n) is 4.55. The molecule has 4 nitrogen and oxygen atoms in total. The molecule has 1 aromatic rings. The van der Waals surface area contributed by atoms with Gasteiger partial charge in [0.05, 0.1) is 16.8 Å². The van der Waals surface area contributed by atoms with Crippen molar-refractivity contribution in [3.8, 4) is 0 Å². The van der Waals surface area contributed by atoms with E-state index in [0.29, 0.717) is 13.1 Å². The SMILES string of the molecule is CCCN1C(=O)CC(NCCc2ccc(Cl)s2)C1=O. The van der Waals surface area contributed by atoms with Crippen LogP contribution in [-0.4, -0.2) is 35.8 Å². The molecule has 1 aliphatic rings. The Morgan fingerprint density at radius 1 is 1.47 bits per heavy atom. The minimum absolute atomic E-state index is 0.0662.